The van der Waals surface area contributed by atoms with Crippen LogP contribution in [0.3, 0.4) is 0 Å². The molecule has 19 heavy (non-hydrogen) atoms. The minimum Gasteiger partial charge on any atom is -0.398 e. The third kappa shape index (κ3) is 3.10. The highest BCUT2D eigenvalue weighted by Gasteiger charge is 2.19. The molecule has 3 N–H and O–H groups in total. The zero-order chi connectivity index (χ0) is 14.0. The number of nitrogens with two attached hydrogens (primary N) is 1. The van der Waals surface area contributed by atoms with Gasteiger partial charge in [-0.3, -0.25) is 4.72 Å². The van der Waals surface area contributed by atoms with Gasteiger partial charge in [-0.1, -0.05) is 18.2 Å². The van der Waals surface area contributed by atoms with E-state index in [9.17, 15) is 8.42 Å². The molecule has 7 heteroatoms. The smallest absolute Gasteiger partial charge is 0.264 e. The van der Waals surface area contributed by atoms with Crippen LogP contribution in [0.2, 0.25) is 0 Å². The molecule has 0 aliphatic rings. The van der Waals surface area contributed by atoms with Gasteiger partial charge < -0.3 is 5.73 Å². The van der Waals surface area contributed by atoms with Gasteiger partial charge in [-0.2, -0.15) is 0 Å². The first kappa shape index (κ1) is 14.4. The van der Waals surface area contributed by atoms with Crippen LogP contribution < -0.4 is 10.5 Å². The van der Waals surface area contributed by atoms with Crippen LogP contribution in [0, 0.1) is 0 Å². The highest BCUT2D eigenvalue weighted by molar-refractivity contribution is 9.11. The Kier molecular flexibility index (Phi) is 4.17. The standard InChI is InChI=1S/C12H10Br2N2O2S/c13-8-4-3-5-9(14)12(8)16-19(17,18)11-7-2-1-6-10(11)15/h1-7,16H,15H2. The van der Waals surface area contributed by atoms with Gasteiger partial charge in [-0.25, -0.2) is 8.42 Å². The molecule has 0 saturated carbocycles. The summed E-state index contributed by atoms with van der Waals surface area (Å²) in [7, 11) is -3.72. The van der Waals surface area contributed by atoms with Crippen molar-refractivity contribution in [1.29, 1.82) is 0 Å². The highest BCUT2D eigenvalue weighted by atomic mass is 79.9. The monoisotopic (exact) mass is 404 g/mol. The third-order valence-corrected chi connectivity index (χ3v) is 5.15. The number of benzene rings is 2. The van der Waals surface area contributed by atoms with E-state index in [1.54, 1.807) is 36.4 Å². The second kappa shape index (κ2) is 5.52. The van der Waals surface area contributed by atoms with Gasteiger partial charge in [0.25, 0.3) is 10.0 Å². The molecule has 2 aromatic rings. The average Bonchev–Trinajstić information content (AvgIpc) is 2.34. The Labute approximate surface area is 128 Å². The lowest BCUT2D eigenvalue weighted by Gasteiger charge is -2.12. The average molecular weight is 406 g/mol. The van der Waals surface area contributed by atoms with Gasteiger partial charge in [-0.15, -0.1) is 0 Å². The van der Waals surface area contributed by atoms with Crippen LogP contribution in [0.15, 0.2) is 56.3 Å². The summed E-state index contributed by atoms with van der Waals surface area (Å²) in [6.07, 6.45) is 0. The van der Waals surface area contributed by atoms with Crippen molar-refractivity contribution in [3.63, 3.8) is 0 Å². The lowest BCUT2D eigenvalue weighted by molar-refractivity contribution is 0.601. The fraction of sp³-hybridized carbons (Fsp3) is 0. The maximum absolute atomic E-state index is 12.3. The fourth-order valence-corrected chi connectivity index (χ4v) is 4.20. The van der Waals surface area contributed by atoms with Crippen molar-refractivity contribution in [3.05, 3.63) is 51.4 Å². The van der Waals surface area contributed by atoms with Crippen molar-refractivity contribution >= 4 is 53.3 Å². The lowest BCUT2D eigenvalue weighted by Crippen LogP contribution is -2.15. The molecule has 2 aromatic carbocycles. The SMILES string of the molecule is Nc1ccccc1S(=O)(=O)Nc1c(Br)cccc1Br. The summed E-state index contributed by atoms with van der Waals surface area (Å²) in [5, 5.41) is 0. The van der Waals surface area contributed by atoms with E-state index in [1.165, 1.54) is 6.07 Å². The van der Waals surface area contributed by atoms with E-state index in [0.29, 0.717) is 14.6 Å². The maximum Gasteiger partial charge on any atom is 0.264 e. The van der Waals surface area contributed by atoms with E-state index >= 15 is 0 Å². The Morgan fingerprint density at radius 1 is 0.947 bits per heavy atom. The molecule has 0 aromatic heterocycles. The van der Waals surface area contributed by atoms with Crippen molar-refractivity contribution in [1.82, 2.24) is 0 Å². The Bertz CT molecular complexity index is 697. The summed E-state index contributed by atoms with van der Waals surface area (Å²) in [4.78, 5) is 0.0534. The molecule has 0 atom stereocenters. The van der Waals surface area contributed by atoms with Crippen LogP contribution in [0.4, 0.5) is 11.4 Å². The lowest BCUT2D eigenvalue weighted by atomic mass is 10.3. The van der Waals surface area contributed by atoms with Gasteiger partial charge in [0.1, 0.15) is 4.90 Å². The van der Waals surface area contributed by atoms with E-state index in [1.807, 2.05) is 0 Å². The number of nitrogen functional groups attached to an aromatic ring is 1. The van der Waals surface area contributed by atoms with Crippen molar-refractivity contribution in [2.75, 3.05) is 10.5 Å². The number of anilines is 2. The number of sulfonamides is 1. The minimum atomic E-state index is -3.72. The summed E-state index contributed by atoms with van der Waals surface area (Å²) in [5.41, 5.74) is 6.34. The van der Waals surface area contributed by atoms with Crippen LogP contribution >= 0.6 is 31.9 Å². The molecule has 0 aliphatic heterocycles. The van der Waals surface area contributed by atoms with Crippen molar-refractivity contribution < 1.29 is 8.42 Å². The second-order valence-corrected chi connectivity index (χ2v) is 7.10. The molecule has 100 valence electrons. The molecule has 0 bridgehead atoms. The van der Waals surface area contributed by atoms with Gasteiger partial charge in [-0.05, 0) is 56.1 Å². The number of nitrogens with one attached hydrogen (secondary N) is 1. The second-order valence-electron chi connectivity index (χ2n) is 3.74. The maximum atomic E-state index is 12.3. The van der Waals surface area contributed by atoms with Crippen molar-refractivity contribution in [2.24, 2.45) is 0 Å². The first-order valence-electron chi connectivity index (χ1n) is 5.23. The first-order valence-corrected chi connectivity index (χ1v) is 8.30. The zero-order valence-electron chi connectivity index (χ0n) is 9.60. The topological polar surface area (TPSA) is 72.2 Å². The Morgan fingerprint density at radius 2 is 1.53 bits per heavy atom. The summed E-state index contributed by atoms with van der Waals surface area (Å²) >= 11 is 6.61. The van der Waals surface area contributed by atoms with Crippen LogP contribution in [0.5, 0.6) is 0 Å². The third-order valence-electron chi connectivity index (χ3n) is 2.41. The van der Waals surface area contributed by atoms with E-state index in [-0.39, 0.29) is 10.6 Å². The number of hydrogen-bond donors (Lipinski definition) is 2. The molecule has 0 heterocycles. The Morgan fingerprint density at radius 3 is 2.11 bits per heavy atom. The highest BCUT2D eigenvalue weighted by Crippen LogP contribution is 2.33. The number of halogens is 2. The van der Waals surface area contributed by atoms with Crippen LogP contribution in [0.1, 0.15) is 0 Å². The van der Waals surface area contributed by atoms with Crippen LogP contribution in [-0.2, 0) is 10.0 Å². The van der Waals surface area contributed by atoms with Gasteiger partial charge >= 0.3 is 0 Å². The van der Waals surface area contributed by atoms with Gasteiger partial charge in [0.05, 0.1) is 11.4 Å². The molecule has 0 aliphatic carbocycles. The predicted molar refractivity (Wildman–Crippen MR) is 83.5 cm³/mol. The van der Waals surface area contributed by atoms with E-state index < -0.39 is 10.0 Å². The largest absolute Gasteiger partial charge is 0.398 e. The van der Waals surface area contributed by atoms with E-state index in [4.69, 9.17) is 5.73 Å². The predicted octanol–water partition coefficient (Wildman–Crippen LogP) is 3.59. The normalized spacial score (nSPS) is 11.3. The summed E-state index contributed by atoms with van der Waals surface area (Å²) < 4.78 is 28.4. The molecule has 0 radical (unpaired) electrons. The molecular weight excluding hydrogens is 396 g/mol. The van der Waals surface area contributed by atoms with Gasteiger partial charge in [0.2, 0.25) is 0 Å². The van der Waals surface area contributed by atoms with Crippen molar-refractivity contribution in [2.45, 2.75) is 4.90 Å². The fourth-order valence-electron chi connectivity index (χ4n) is 1.51. The Hall–Kier alpha value is -1.05. The molecular formula is C12H10Br2N2O2S. The van der Waals surface area contributed by atoms with Gasteiger partial charge in [0, 0.05) is 8.95 Å². The molecule has 0 spiro atoms. The molecule has 2 rings (SSSR count). The van der Waals surface area contributed by atoms with Crippen molar-refractivity contribution in [3.8, 4) is 0 Å². The zero-order valence-corrected chi connectivity index (χ0v) is 13.6. The molecule has 0 saturated heterocycles. The summed E-state index contributed by atoms with van der Waals surface area (Å²) in [6.45, 7) is 0. The molecule has 0 amide bonds. The quantitative estimate of drug-likeness (QED) is 0.766. The van der Waals surface area contributed by atoms with Gasteiger partial charge in [0.15, 0.2) is 0 Å². The summed E-state index contributed by atoms with van der Waals surface area (Å²) in [5.74, 6) is 0. The molecule has 0 unspecified atom stereocenters. The van der Waals surface area contributed by atoms with Crippen LogP contribution in [-0.4, -0.2) is 8.42 Å². The molecule has 4 nitrogen and oxygen atoms in total. The Balaban J connectivity index is 2.46. The van der Waals surface area contributed by atoms with E-state index in [0.717, 1.165) is 0 Å². The minimum absolute atomic E-state index is 0.0534. The van der Waals surface area contributed by atoms with E-state index in [2.05, 4.69) is 36.6 Å². The number of hydrogen-bond acceptors (Lipinski definition) is 3. The van der Waals surface area contributed by atoms with Crippen LogP contribution in [0.25, 0.3) is 0 Å². The number of rotatable bonds is 3. The molecule has 0 fully saturated rings. The first-order chi connectivity index (χ1) is 8.92. The summed E-state index contributed by atoms with van der Waals surface area (Å²) in [6, 6.07) is 11.6. The number of para-hydroxylation sites is 2.